The summed E-state index contributed by atoms with van der Waals surface area (Å²) in [5.41, 5.74) is 2.24. The van der Waals surface area contributed by atoms with Crippen LogP contribution < -0.4 is 5.32 Å². The van der Waals surface area contributed by atoms with E-state index in [1.165, 1.54) is 0 Å². The molecule has 0 spiro atoms. The van der Waals surface area contributed by atoms with Crippen LogP contribution in [-0.2, 0) is 13.0 Å². The Morgan fingerprint density at radius 3 is 2.67 bits per heavy atom. The van der Waals surface area contributed by atoms with Crippen LogP contribution in [0.1, 0.15) is 21.4 Å². The first kappa shape index (κ1) is 10.7. The van der Waals surface area contributed by atoms with Crippen molar-refractivity contribution in [2.24, 2.45) is 0 Å². The van der Waals surface area contributed by atoms with Crippen LogP contribution in [0.4, 0.5) is 0 Å². The summed E-state index contributed by atoms with van der Waals surface area (Å²) in [5, 5.41) is 9.57. The van der Waals surface area contributed by atoms with E-state index in [1.807, 2.05) is 14.0 Å². The Morgan fingerprint density at radius 2 is 2.00 bits per heavy atom. The van der Waals surface area contributed by atoms with Crippen molar-refractivity contribution < 1.29 is 0 Å². The zero-order valence-electron chi connectivity index (χ0n) is 8.78. The molecule has 0 aliphatic carbocycles. The Bertz CT molecular complexity index is 433. The fourth-order valence-electron chi connectivity index (χ4n) is 1.34. The number of thiazole rings is 2. The zero-order chi connectivity index (χ0) is 10.7. The highest BCUT2D eigenvalue weighted by molar-refractivity contribution is 7.10. The number of aromatic nitrogens is 2. The number of hydrogen-bond donors (Lipinski definition) is 1. The Hall–Kier alpha value is -0.780. The maximum absolute atomic E-state index is 4.53. The van der Waals surface area contributed by atoms with Crippen molar-refractivity contribution in [1.82, 2.24) is 15.3 Å². The predicted octanol–water partition coefficient (Wildman–Crippen LogP) is 2.22. The lowest BCUT2D eigenvalue weighted by Crippen LogP contribution is -2.05. The van der Waals surface area contributed by atoms with Crippen molar-refractivity contribution in [3.8, 4) is 0 Å². The number of aryl methyl sites for hydroxylation is 1. The molecule has 0 aliphatic heterocycles. The van der Waals surface area contributed by atoms with Gasteiger partial charge in [0.2, 0.25) is 0 Å². The van der Waals surface area contributed by atoms with Crippen LogP contribution in [0.3, 0.4) is 0 Å². The Morgan fingerprint density at radius 1 is 1.20 bits per heavy atom. The summed E-state index contributed by atoms with van der Waals surface area (Å²) >= 11 is 3.40. The minimum Gasteiger partial charge on any atom is -0.314 e. The predicted molar refractivity (Wildman–Crippen MR) is 64.5 cm³/mol. The molecule has 5 heteroatoms. The summed E-state index contributed by atoms with van der Waals surface area (Å²) in [4.78, 5) is 8.96. The van der Waals surface area contributed by atoms with E-state index in [2.05, 4.69) is 26.0 Å². The Labute approximate surface area is 97.2 Å². The van der Waals surface area contributed by atoms with Crippen molar-refractivity contribution in [2.45, 2.75) is 19.9 Å². The van der Waals surface area contributed by atoms with E-state index in [1.54, 1.807) is 22.7 Å². The maximum Gasteiger partial charge on any atom is 0.0988 e. The van der Waals surface area contributed by atoms with Crippen LogP contribution in [0.2, 0.25) is 0 Å². The molecule has 0 aromatic carbocycles. The first-order valence-electron chi connectivity index (χ1n) is 4.77. The molecule has 2 heterocycles. The molecule has 0 fully saturated rings. The number of nitrogens with one attached hydrogen (secondary N) is 1. The molecule has 0 bridgehead atoms. The lowest BCUT2D eigenvalue weighted by Gasteiger charge is -1.92. The van der Waals surface area contributed by atoms with Gasteiger partial charge in [0.1, 0.15) is 0 Å². The van der Waals surface area contributed by atoms with E-state index in [-0.39, 0.29) is 0 Å². The SMILES string of the molecule is CNCc1csc(Cc2csc(C)n2)n1. The van der Waals surface area contributed by atoms with Crippen molar-refractivity contribution in [1.29, 1.82) is 0 Å². The van der Waals surface area contributed by atoms with Crippen LogP contribution >= 0.6 is 22.7 Å². The van der Waals surface area contributed by atoms with Gasteiger partial charge in [0.15, 0.2) is 0 Å². The van der Waals surface area contributed by atoms with Crippen molar-refractivity contribution in [2.75, 3.05) is 7.05 Å². The van der Waals surface area contributed by atoms with Crippen LogP contribution in [0, 0.1) is 6.92 Å². The number of rotatable bonds is 4. The van der Waals surface area contributed by atoms with Gasteiger partial charge in [-0.05, 0) is 14.0 Å². The van der Waals surface area contributed by atoms with Gasteiger partial charge in [0.05, 0.1) is 21.4 Å². The highest BCUT2D eigenvalue weighted by Gasteiger charge is 2.04. The summed E-state index contributed by atoms with van der Waals surface area (Å²) in [6.45, 7) is 2.87. The minimum atomic E-state index is 0.840. The van der Waals surface area contributed by atoms with Gasteiger partial charge in [-0.15, -0.1) is 22.7 Å². The average molecular weight is 239 g/mol. The summed E-state index contributed by atoms with van der Waals surface area (Å²) in [7, 11) is 1.93. The molecule has 0 saturated carbocycles. The second-order valence-electron chi connectivity index (χ2n) is 3.30. The minimum absolute atomic E-state index is 0.840. The Kier molecular flexibility index (Phi) is 3.45. The second-order valence-corrected chi connectivity index (χ2v) is 5.30. The van der Waals surface area contributed by atoms with Crippen molar-refractivity contribution in [3.63, 3.8) is 0 Å². The highest BCUT2D eigenvalue weighted by Crippen LogP contribution is 2.16. The molecule has 2 aromatic heterocycles. The molecule has 3 nitrogen and oxygen atoms in total. The van der Waals surface area contributed by atoms with E-state index >= 15 is 0 Å². The molecule has 0 aliphatic rings. The molecular formula is C10H13N3S2. The van der Waals surface area contributed by atoms with Crippen LogP contribution in [0.5, 0.6) is 0 Å². The molecular weight excluding hydrogens is 226 g/mol. The summed E-state index contributed by atoms with van der Waals surface area (Å²) < 4.78 is 0. The lowest BCUT2D eigenvalue weighted by molar-refractivity contribution is 0.792. The molecule has 2 rings (SSSR count). The quantitative estimate of drug-likeness (QED) is 0.889. The molecule has 2 aromatic rings. The van der Waals surface area contributed by atoms with E-state index < -0.39 is 0 Å². The third kappa shape index (κ3) is 2.84. The fourth-order valence-corrected chi connectivity index (χ4v) is 2.76. The third-order valence-corrected chi connectivity index (χ3v) is 3.68. The monoisotopic (exact) mass is 239 g/mol. The molecule has 0 atom stereocenters. The molecule has 15 heavy (non-hydrogen) atoms. The van der Waals surface area contributed by atoms with Crippen LogP contribution in [0.25, 0.3) is 0 Å². The zero-order valence-corrected chi connectivity index (χ0v) is 10.4. The fraction of sp³-hybridized carbons (Fsp3) is 0.400. The molecule has 0 unspecified atom stereocenters. The second kappa shape index (κ2) is 4.83. The van der Waals surface area contributed by atoms with Crippen molar-refractivity contribution >= 4 is 22.7 Å². The van der Waals surface area contributed by atoms with E-state index in [0.29, 0.717) is 0 Å². The number of nitrogens with zero attached hydrogens (tertiary/aromatic N) is 2. The van der Waals surface area contributed by atoms with Gasteiger partial charge in [0.25, 0.3) is 0 Å². The molecule has 0 radical (unpaired) electrons. The topological polar surface area (TPSA) is 37.8 Å². The first-order valence-corrected chi connectivity index (χ1v) is 6.52. The maximum atomic E-state index is 4.53. The summed E-state index contributed by atoms with van der Waals surface area (Å²) in [5.74, 6) is 0. The van der Waals surface area contributed by atoms with Gasteiger partial charge in [0, 0.05) is 23.7 Å². The Balaban J connectivity index is 2.04. The molecule has 1 N–H and O–H groups in total. The van der Waals surface area contributed by atoms with Crippen molar-refractivity contribution in [3.05, 3.63) is 32.2 Å². The first-order chi connectivity index (χ1) is 7.28. The van der Waals surface area contributed by atoms with Gasteiger partial charge in [-0.2, -0.15) is 0 Å². The third-order valence-electron chi connectivity index (χ3n) is 1.96. The van der Waals surface area contributed by atoms with Crippen LogP contribution in [0.15, 0.2) is 10.8 Å². The molecule has 0 amide bonds. The normalized spacial score (nSPS) is 10.8. The molecule has 80 valence electrons. The van der Waals surface area contributed by atoms with E-state index in [4.69, 9.17) is 0 Å². The highest BCUT2D eigenvalue weighted by atomic mass is 32.1. The largest absolute Gasteiger partial charge is 0.314 e. The van der Waals surface area contributed by atoms with Crippen LogP contribution in [-0.4, -0.2) is 17.0 Å². The summed E-state index contributed by atoms with van der Waals surface area (Å²) in [6.07, 6.45) is 0.860. The smallest absolute Gasteiger partial charge is 0.0988 e. The standard InChI is InChI=1S/C10H13N3S2/c1-7-12-8(5-14-7)3-10-13-9(4-11-2)6-15-10/h5-6,11H,3-4H2,1-2H3. The molecule has 0 saturated heterocycles. The van der Waals surface area contributed by atoms with E-state index in [0.717, 1.165) is 34.4 Å². The van der Waals surface area contributed by atoms with E-state index in [9.17, 15) is 0 Å². The van der Waals surface area contributed by atoms with Gasteiger partial charge < -0.3 is 5.32 Å². The summed E-state index contributed by atoms with van der Waals surface area (Å²) in [6, 6.07) is 0. The van der Waals surface area contributed by atoms with Gasteiger partial charge in [-0.1, -0.05) is 0 Å². The lowest BCUT2D eigenvalue weighted by atomic mass is 10.3. The van der Waals surface area contributed by atoms with Gasteiger partial charge in [-0.25, -0.2) is 9.97 Å². The number of hydrogen-bond acceptors (Lipinski definition) is 5. The van der Waals surface area contributed by atoms with Gasteiger partial charge >= 0.3 is 0 Å². The average Bonchev–Trinajstić information content (AvgIpc) is 2.78. The van der Waals surface area contributed by atoms with Gasteiger partial charge in [-0.3, -0.25) is 0 Å².